The van der Waals surface area contributed by atoms with E-state index in [1.165, 1.54) is 21.6 Å². The average Bonchev–Trinajstić information content (AvgIpc) is 2.86. The lowest BCUT2D eigenvalue weighted by Crippen LogP contribution is -2.57. The fourth-order valence-electron chi connectivity index (χ4n) is 4.95. The summed E-state index contributed by atoms with van der Waals surface area (Å²) in [7, 11) is 2.64. The molecule has 0 saturated carbocycles. The van der Waals surface area contributed by atoms with Crippen LogP contribution in [0.25, 0.3) is 0 Å². The van der Waals surface area contributed by atoms with Gasteiger partial charge < -0.3 is 0 Å². The molecule has 2 aliphatic rings. The molecule has 2 heterocycles. The van der Waals surface area contributed by atoms with Gasteiger partial charge in [-0.2, -0.15) is 0 Å². The highest BCUT2D eigenvalue weighted by atomic mass is 33.1. The summed E-state index contributed by atoms with van der Waals surface area (Å²) in [5.74, 6) is -1.22. The van der Waals surface area contributed by atoms with Gasteiger partial charge in [-0.3, -0.25) is 29.8 Å². The number of benzene rings is 2. The molecule has 6 nitrogen and oxygen atoms in total. The Bertz CT molecular complexity index is 1010. The molecule has 0 aromatic heterocycles. The fourth-order valence-corrected chi connectivity index (χ4v) is 7.95. The van der Waals surface area contributed by atoms with Crippen LogP contribution in [-0.2, 0) is 30.0 Å². The van der Waals surface area contributed by atoms with Crippen molar-refractivity contribution in [3.05, 3.63) is 71.8 Å². The minimum absolute atomic E-state index is 0.275. The number of carbonyl (C=O) groups excluding carboxylic acids is 4. The second kappa shape index (κ2) is 9.96. The average molecular weight is 497 g/mol. The monoisotopic (exact) mass is 496 g/mol. The van der Waals surface area contributed by atoms with E-state index in [1.54, 1.807) is 0 Å². The number of rotatable bonds is 7. The highest BCUT2D eigenvalue weighted by Crippen LogP contribution is 2.47. The highest BCUT2D eigenvalue weighted by Gasteiger charge is 2.50. The lowest BCUT2D eigenvalue weighted by Gasteiger charge is -2.40. The zero-order chi connectivity index (χ0) is 24.3. The molecule has 0 spiro atoms. The van der Waals surface area contributed by atoms with Crippen molar-refractivity contribution in [2.24, 2.45) is 0 Å². The number of piperidine rings is 2. The molecular weight excluding hydrogens is 468 g/mol. The number of hydrogen-bond acceptors (Lipinski definition) is 6. The van der Waals surface area contributed by atoms with Gasteiger partial charge in [0.2, 0.25) is 23.6 Å². The molecule has 2 fully saturated rings. The van der Waals surface area contributed by atoms with Crippen LogP contribution >= 0.6 is 21.6 Å². The summed E-state index contributed by atoms with van der Waals surface area (Å²) in [5.41, 5.74) is 0.173. The zero-order valence-electron chi connectivity index (χ0n) is 19.2. The van der Waals surface area contributed by atoms with Gasteiger partial charge in [0.15, 0.2) is 0 Å². The van der Waals surface area contributed by atoms with Crippen molar-refractivity contribution in [3.8, 4) is 0 Å². The third-order valence-corrected chi connectivity index (χ3v) is 10.2. The standard InChI is InChI=1S/C26H28N2O4S2/c1-3-25(17-11-7-5-8-12-17)15-19(21(29)27-23(25)31)33-34-20-16-26(4-2,24(32)28-22(20)30)18-13-9-6-10-14-18/h5-14,19-20H,3-4,15-16H2,1-2H3,(H,27,29,31)(H,28,30,32). The maximum atomic E-state index is 12.9. The van der Waals surface area contributed by atoms with Crippen LogP contribution in [0.2, 0.25) is 0 Å². The Labute approximate surface area is 207 Å². The van der Waals surface area contributed by atoms with Crippen molar-refractivity contribution in [1.82, 2.24) is 10.6 Å². The lowest BCUT2D eigenvalue weighted by molar-refractivity contribution is -0.139. The van der Waals surface area contributed by atoms with Crippen LogP contribution in [0.15, 0.2) is 60.7 Å². The van der Waals surface area contributed by atoms with Gasteiger partial charge in [0.25, 0.3) is 0 Å². The molecule has 4 atom stereocenters. The Kier molecular flexibility index (Phi) is 7.19. The number of hydrogen-bond donors (Lipinski definition) is 2. The minimum Gasteiger partial charge on any atom is -0.295 e. The predicted molar refractivity (Wildman–Crippen MR) is 135 cm³/mol. The smallest absolute Gasteiger partial charge is 0.240 e. The molecule has 34 heavy (non-hydrogen) atoms. The highest BCUT2D eigenvalue weighted by molar-refractivity contribution is 8.77. The largest absolute Gasteiger partial charge is 0.295 e. The summed E-state index contributed by atoms with van der Waals surface area (Å²) in [5, 5.41) is 4.13. The molecule has 0 radical (unpaired) electrons. The first-order valence-corrected chi connectivity index (χ1v) is 13.8. The van der Waals surface area contributed by atoms with E-state index in [0.29, 0.717) is 25.7 Å². The van der Waals surface area contributed by atoms with Crippen LogP contribution in [0.4, 0.5) is 0 Å². The van der Waals surface area contributed by atoms with Crippen LogP contribution in [0.5, 0.6) is 0 Å². The van der Waals surface area contributed by atoms with Crippen molar-refractivity contribution < 1.29 is 19.2 Å². The molecule has 8 heteroatoms. The molecule has 4 rings (SSSR count). The molecule has 2 aliphatic heterocycles. The second-order valence-corrected chi connectivity index (χ2v) is 11.5. The Balaban J connectivity index is 1.54. The summed E-state index contributed by atoms with van der Waals surface area (Å²) in [6.07, 6.45) is 1.84. The van der Waals surface area contributed by atoms with Gasteiger partial charge in [0.05, 0.1) is 21.3 Å². The van der Waals surface area contributed by atoms with E-state index in [0.717, 1.165) is 11.1 Å². The predicted octanol–water partition coefficient (Wildman–Crippen LogP) is 3.89. The van der Waals surface area contributed by atoms with Crippen molar-refractivity contribution in [2.45, 2.75) is 60.9 Å². The first-order valence-electron chi connectivity index (χ1n) is 11.5. The van der Waals surface area contributed by atoms with E-state index in [2.05, 4.69) is 10.6 Å². The molecule has 4 amide bonds. The van der Waals surface area contributed by atoms with Crippen LogP contribution in [0.1, 0.15) is 50.7 Å². The van der Waals surface area contributed by atoms with E-state index in [1.807, 2.05) is 74.5 Å². The van der Waals surface area contributed by atoms with Crippen molar-refractivity contribution in [3.63, 3.8) is 0 Å². The third-order valence-electron chi connectivity index (χ3n) is 7.14. The topological polar surface area (TPSA) is 92.3 Å². The van der Waals surface area contributed by atoms with E-state index in [4.69, 9.17) is 0 Å². The third kappa shape index (κ3) is 4.29. The van der Waals surface area contributed by atoms with Crippen molar-refractivity contribution in [2.75, 3.05) is 0 Å². The van der Waals surface area contributed by atoms with E-state index < -0.39 is 21.3 Å². The quantitative estimate of drug-likeness (QED) is 0.446. The van der Waals surface area contributed by atoms with Crippen LogP contribution in [0, 0.1) is 0 Å². The summed E-state index contributed by atoms with van der Waals surface area (Å²) >= 11 is 0. The summed E-state index contributed by atoms with van der Waals surface area (Å²) < 4.78 is 0. The van der Waals surface area contributed by atoms with Crippen LogP contribution in [0.3, 0.4) is 0 Å². The minimum atomic E-state index is -0.796. The Hall–Kier alpha value is -2.58. The van der Waals surface area contributed by atoms with Crippen molar-refractivity contribution in [1.29, 1.82) is 0 Å². The van der Waals surface area contributed by atoms with E-state index >= 15 is 0 Å². The van der Waals surface area contributed by atoms with Gasteiger partial charge >= 0.3 is 0 Å². The van der Waals surface area contributed by atoms with E-state index in [-0.39, 0.29) is 23.6 Å². The lowest BCUT2D eigenvalue weighted by atomic mass is 9.72. The molecule has 2 N–H and O–H groups in total. The SMILES string of the molecule is CCC1(c2ccccc2)CC(SSC2CC(CC)(c3ccccc3)C(=O)NC2=O)C(=O)NC1=O. The molecule has 2 saturated heterocycles. The van der Waals surface area contributed by atoms with Gasteiger partial charge in [-0.15, -0.1) is 0 Å². The van der Waals surface area contributed by atoms with Crippen LogP contribution in [-0.4, -0.2) is 34.1 Å². The number of nitrogens with one attached hydrogen (secondary N) is 2. The fraction of sp³-hybridized carbons (Fsp3) is 0.385. The normalized spacial score (nSPS) is 29.5. The molecular formula is C26H28N2O4S2. The summed E-state index contributed by atoms with van der Waals surface area (Å²) in [6.45, 7) is 3.90. The van der Waals surface area contributed by atoms with E-state index in [9.17, 15) is 19.2 Å². The van der Waals surface area contributed by atoms with Gasteiger partial charge in [-0.05, 0) is 36.8 Å². The molecule has 0 aliphatic carbocycles. The van der Waals surface area contributed by atoms with Gasteiger partial charge in [-0.25, -0.2) is 0 Å². The second-order valence-electron chi connectivity index (χ2n) is 8.82. The Morgan fingerprint density at radius 2 is 1.03 bits per heavy atom. The molecule has 178 valence electrons. The molecule has 0 bridgehead atoms. The van der Waals surface area contributed by atoms with Gasteiger partial charge in [-0.1, -0.05) is 96.1 Å². The molecule has 2 aromatic rings. The first-order chi connectivity index (χ1) is 16.4. The molecule has 4 unspecified atom stereocenters. The van der Waals surface area contributed by atoms with Gasteiger partial charge in [0.1, 0.15) is 0 Å². The maximum Gasteiger partial charge on any atom is 0.240 e. The van der Waals surface area contributed by atoms with Crippen molar-refractivity contribution >= 4 is 45.2 Å². The summed E-state index contributed by atoms with van der Waals surface area (Å²) in [4.78, 5) is 51.3. The Morgan fingerprint density at radius 1 is 0.676 bits per heavy atom. The number of carbonyl (C=O) groups is 4. The van der Waals surface area contributed by atoms with Crippen LogP contribution < -0.4 is 10.6 Å². The Morgan fingerprint density at radius 3 is 1.35 bits per heavy atom. The maximum absolute atomic E-state index is 12.9. The zero-order valence-corrected chi connectivity index (χ0v) is 20.8. The molecule has 2 aromatic carbocycles. The van der Waals surface area contributed by atoms with Gasteiger partial charge in [0, 0.05) is 0 Å². The summed E-state index contributed by atoms with van der Waals surface area (Å²) in [6, 6.07) is 19.1. The number of amides is 4. The number of imide groups is 2. The first kappa shape index (κ1) is 24.5.